The second-order valence-corrected chi connectivity index (χ2v) is 8.77. The number of hydrogen-bond acceptors (Lipinski definition) is 5. The standard InChI is InChI=1S/C19H19N3O6S/c1-19(2,3)21-29(27,28)17-11-14(10-16(12-17)22(25)26)8-7-13-5-4-6-15(9-13)20-18(23)24/h4-6,9-12,20-21H,1-3H3,(H,23,24). The molecule has 2 aromatic carbocycles. The highest BCUT2D eigenvalue weighted by Gasteiger charge is 2.24. The van der Waals surface area contributed by atoms with E-state index in [-0.39, 0.29) is 10.5 Å². The number of nitrogens with zero attached hydrogens (tertiary/aromatic N) is 1. The van der Waals surface area contributed by atoms with Crippen LogP contribution in [-0.2, 0) is 10.0 Å². The van der Waals surface area contributed by atoms with Gasteiger partial charge in [-0.1, -0.05) is 17.9 Å². The van der Waals surface area contributed by atoms with Gasteiger partial charge in [0.25, 0.3) is 5.69 Å². The van der Waals surface area contributed by atoms with Gasteiger partial charge in [-0.25, -0.2) is 17.9 Å². The van der Waals surface area contributed by atoms with Crippen LogP contribution in [0.15, 0.2) is 47.4 Å². The Labute approximate surface area is 168 Å². The van der Waals surface area contributed by atoms with Gasteiger partial charge < -0.3 is 5.11 Å². The minimum atomic E-state index is -4.00. The number of benzene rings is 2. The molecule has 0 atom stereocenters. The molecule has 3 N–H and O–H groups in total. The van der Waals surface area contributed by atoms with Crippen LogP contribution in [0.2, 0.25) is 0 Å². The summed E-state index contributed by atoms with van der Waals surface area (Å²) < 4.78 is 27.5. The molecule has 2 aromatic rings. The smallest absolute Gasteiger partial charge is 0.409 e. The van der Waals surface area contributed by atoms with Gasteiger partial charge in [0, 0.05) is 34.5 Å². The van der Waals surface area contributed by atoms with E-state index >= 15 is 0 Å². The van der Waals surface area contributed by atoms with Crippen molar-refractivity contribution >= 4 is 27.5 Å². The Kier molecular flexibility index (Phi) is 6.26. The van der Waals surface area contributed by atoms with Crippen molar-refractivity contribution in [3.63, 3.8) is 0 Å². The van der Waals surface area contributed by atoms with Crippen LogP contribution < -0.4 is 10.0 Å². The number of anilines is 1. The topological polar surface area (TPSA) is 139 Å². The molecule has 0 bridgehead atoms. The first-order chi connectivity index (χ1) is 13.4. The molecule has 0 saturated heterocycles. The zero-order valence-corrected chi connectivity index (χ0v) is 16.7. The summed E-state index contributed by atoms with van der Waals surface area (Å²) in [6, 6.07) is 9.61. The maximum atomic E-state index is 12.6. The molecular weight excluding hydrogens is 398 g/mol. The van der Waals surface area contributed by atoms with Crippen LogP contribution in [0.3, 0.4) is 0 Å². The predicted octanol–water partition coefficient (Wildman–Crippen LogP) is 3.16. The largest absolute Gasteiger partial charge is 0.465 e. The van der Waals surface area contributed by atoms with Gasteiger partial charge in [-0.05, 0) is 45.0 Å². The van der Waals surface area contributed by atoms with E-state index in [9.17, 15) is 23.3 Å². The average Bonchev–Trinajstić information content (AvgIpc) is 2.57. The van der Waals surface area contributed by atoms with Gasteiger partial charge in [-0.15, -0.1) is 0 Å². The first-order valence-corrected chi connectivity index (χ1v) is 9.79. The molecule has 0 saturated carbocycles. The molecule has 152 valence electrons. The molecule has 0 aliphatic rings. The van der Waals surface area contributed by atoms with E-state index in [2.05, 4.69) is 21.9 Å². The van der Waals surface area contributed by atoms with Crippen LogP contribution in [0.1, 0.15) is 31.9 Å². The number of carboxylic acid groups (broad SMARTS) is 1. The third-order valence-electron chi connectivity index (χ3n) is 3.32. The summed E-state index contributed by atoms with van der Waals surface area (Å²) in [4.78, 5) is 21.0. The molecule has 0 aliphatic carbocycles. The Hall–Kier alpha value is -3.42. The number of nitro benzene ring substituents is 1. The van der Waals surface area contributed by atoms with Crippen molar-refractivity contribution in [2.24, 2.45) is 0 Å². The molecule has 9 nitrogen and oxygen atoms in total. The Bertz CT molecular complexity index is 1120. The molecule has 0 aromatic heterocycles. The van der Waals surface area contributed by atoms with Gasteiger partial charge in [0.1, 0.15) is 0 Å². The molecule has 10 heteroatoms. The monoisotopic (exact) mass is 417 g/mol. The van der Waals surface area contributed by atoms with E-state index in [0.717, 1.165) is 6.07 Å². The fraction of sp³-hybridized carbons (Fsp3) is 0.211. The van der Waals surface area contributed by atoms with Crippen molar-refractivity contribution < 1.29 is 23.2 Å². The molecule has 0 aliphatic heterocycles. The second-order valence-electron chi connectivity index (χ2n) is 7.09. The minimum Gasteiger partial charge on any atom is -0.465 e. The third kappa shape index (κ3) is 6.60. The molecule has 2 rings (SSSR count). The normalized spacial score (nSPS) is 11.3. The number of nitro groups is 1. The Morgan fingerprint density at radius 1 is 1.10 bits per heavy atom. The minimum absolute atomic E-state index is 0.130. The number of carbonyl (C=O) groups is 1. The quantitative estimate of drug-likeness (QED) is 0.397. The van der Waals surface area contributed by atoms with Crippen molar-refractivity contribution in [2.75, 3.05) is 5.32 Å². The summed E-state index contributed by atoms with van der Waals surface area (Å²) in [5.41, 5.74) is -0.300. The van der Waals surface area contributed by atoms with Gasteiger partial charge >= 0.3 is 6.09 Å². The fourth-order valence-electron chi connectivity index (χ4n) is 2.32. The SMILES string of the molecule is CC(C)(C)NS(=O)(=O)c1cc(C#Cc2cccc(NC(=O)O)c2)cc([N+](=O)[O-])c1. The average molecular weight is 417 g/mol. The van der Waals surface area contributed by atoms with Gasteiger partial charge in [0.2, 0.25) is 10.0 Å². The van der Waals surface area contributed by atoms with Gasteiger partial charge in [0.15, 0.2) is 0 Å². The maximum absolute atomic E-state index is 12.6. The number of non-ortho nitro benzene ring substituents is 1. The van der Waals surface area contributed by atoms with Crippen LogP contribution >= 0.6 is 0 Å². The van der Waals surface area contributed by atoms with Crippen molar-refractivity contribution in [1.29, 1.82) is 0 Å². The summed E-state index contributed by atoms with van der Waals surface area (Å²) in [5, 5.41) is 22.2. The lowest BCUT2D eigenvalue weighted by molar-refractivity contribution is -0.385. The summed E-state index contributed by atoms with van der Waals surface area (Å²) in [7, 11) is -4.00. The lowest BCUT2D eigenvalue weighted by atomic mass is 10.1. The van der Waals surface area contributed by atoms with E-state index < -0.39 is 32.3 Å². The van der Waals surface area contributed by atoms with Gasteiger partial charge in [0.05, 0.1) is 9.82 Å². The van der Waals surface area contributed by atoms with Gasteiger partial charge in [-0.3, -0.25) is 15.4 Å². The maximum Gasteiger partial charge on any atom is 0.409 e. The number of rotatable bonds is 4. The fourth-order valence-corrected chi connectivity index (χ4v) is 3.80. The number of amides is 1. The first-order valence-electron chi connectivity index (χ1n) is 8.31. The first kappa shape index (κ1) is 21.9. The molecular formula is C19H19N3O6S. The summed E-state index contributed by atoms with van der Waals surface area (Å²) in [5.74, 6) is 5.44. The van der Waals surface area contributed by atoms with Crippen LogP contribution in [-0.4, -0.2) is 30.1 Å². The lowest BCUT2D eigenvalue weighted by Gasteiger charge is -2.20. The second kappa shape index (κ2) is 8.30. The third-order valence-corrected chi connectivity index (χ3v) is 5.06. The Morgan fingerprint density at radius 2 is 1.76 bits per heavy atom. The molecule has 0 unspecified atom stereocenters. The van der Waals surface area contributed by atoms with E-state index in [1.54, 1.807) is 32.9 Å². The molecule has 1 amide bonds. The van der Waals surface area contributed by atoms with Gasteiger partial charge in [-0.2, -0.15) is 0 Å². The van der Waals surface area contributed by atoms with Crippen LogP contribution in [0.5, 0.6) is 0 Å². The lowest BCUT2D eigenvalue weighted by Crippen LogP contribution is -2.40. The van der Waals surface area contributed by atoms with Crippen molar-refractivity contribution in [1.82, 2.24) is 4.72 Å². The van der Waals surface area contributed by atoms with E-state index in [1.165, 1.54) is 24.3 Å². The van der Waals surface area contributed by atoms with E-state index in [0.29, 0.717) is 11.3 Å². The van der Waals surface area contributed by atoms with Crippen LogP contribution in [0, 0.1) is 22.0 Å². The number of hydrogen-bond donors (Lipinski definition) is 3. The molecule has 0 heterocycles. The van der Waals surface area contributed by atoms with Crippen molar-refractivity contribution in [3.05, 3.63) is 63.7 Å². The summed E-state index contributed by atoms with van der Waals surface area (Å²) >= 11 is 0. The van der Waals surface area contributed by atoms with E-state index in [4.69, 9.17) is 5.11 Å². The van der Waals surface area contributed by atoms with Crippen LogP contribution in [0.25, 0.3) is 0 Å². The highest BCUT2D eigenvalue weighted by atomic mass is 32.2. The Morgan fingerprint density at radius 3 is 2.34 bits per heavy atom. The molecule has 0 fully saturated rings. The van der Waals surface area contributed by atoms with Crippen molar-refractivity contribution in [3.8, 4) is 11.8 Å². The molecule has 0 spiro atoms. The molecule has 29 heavy (non-hydrogen) atoms. The Balaban J connectivity index is 2.47. The highest BCUT2D eigenvalue weighted by molar-refractivity contribution is 7.89. The zero-order valence-electron chi connectivity index (χ0n) is 15.9. The van der Waals surface area contributed by atoms with Crippen molar-refractivity contribution in [2.45, 2.75) is 31.2 Å². The number of nitrogens with one attached hydrogen (secondary N) is 2. The van der Waals surface area contributed by atoms with E-state index in [1.807, 2.05) is 0 Å². The highest BCUT2D eigenvalue weighted by Crippen LogP contribution is 2.22. The number of sulfonamides is 1. The predicted molar refractivity (Wildman–Crippen MR) is 107 cm³/mol. The zero-order chi connectivity index (χ0) is 21.8. The molecule has 0 radical (unpaired) electrons. The summed E-state index contributed by atoms with van der Waals surface area (Å²) in [6.45, 7) is 4.96. The van der Waals surface area contributed by atoms with Crippen LogP contribution in [0.4, 0.5) is 16.2 Å². The summed E-state index contributed by atoms with van der Waals surface area (Å²) in [6.07, 6.45) is -1.23.